The summed E-state index contributed by atoms with van der Waals surface area (Å²) in [5.74, 6) is 2.36. The van der Waals surface area contributed by atoms with Gasteiger partial charge in [-0.1, -0.05) is 26.0 Å². The van der Waals surface area contributed by atoms with Gasteiger partial charge in [0.15, 0.2) is 0 Å². The number of fused-ring (bicyclic) bond motifs is 1. The summed E-state index contributed by atoms with van der Waals surface area (Å²) in [6.07, 6.45) is 2.07. The van der Waals surface area contributed by atoms with Gasteiger partial charge in [-0.05, 0) is 74.9 Å². The zero-order valence-electron chi connectivity index (χ0n) is 25.1. The lowest BCUT2D eigenvalue weighted by Crippen LogP contribution is -2.59. The van der Waals surface area contributed by atoms with Gasteiger partial charge in [0.1, 0.15) is 22.3 Å². The number of benzene rings is 3. The average Bonchev–Trinajstić information content (AvgIpc) is 3.46. The van der Waals surface area contributed by atoms with E-state index in [9.17, 15) is 10.1 Å². The van der Waals surface area contributed by atoms with Gasteiger partial charge in [0.05, 0.1) is 41.3 Å². The second kappa shape index (κ2) is 13.7. The number of likely N-dealkylation sites (tertiary alicyclic amines) is 2. The van der Waals surface area contributed by atoms with Crippen molar-refractivity contribution in [3.05, 3.63) is 87.4 Å². The predicted molar refractivity (Wildman–Crippen MR) is 175 cm³/mol. The van der Waals surface area contributed by atoms with Crippen LogP contribution in [0.2, 0.25) is 0 Å². The van der Waals surface area contributed by atoms with E-state index in [4.69, 9.17) is 18.9 Å². The molecule has 2 atom stereocenters. The first-order valence-corrected chi connectivity index (χ1v) is 16.1. The molecule has 11 heteroatoms. The largest absolute Gasteiger partial charge is 0.497 e. The quantitative estimate of drug-likeness (QED) is 0.113. The Morgan fingerprint density at radius 3 is 2.26 bits per heavy atom. The van der Waals surface area contributed by atoms with Gasteiger partial charge in [0.2, 0.25) is 0 Å². The first kappa shape index (κ1) is 30.8. The molecule has 4 aromatic rings. The van der Waals surface area contributed by atoms with E-state index in [2.05, 4.69) is 47.2 Å². The number of thiazole rings is 1. The molecule has 1 aromatic heterocycles. The van der Waals surface area contributed by atoms with Crippen molar-refractivity contribution in [2.45, 2.75) is 49.6 Å². The van der Waals surface area contributed by atoms with Crippen LogP contribution in [0.1, 0.15) is 49.2 Å². The maximum atomic E-state index is 11.2. The SMILES string of the molecule is CC.COc1cc(OC)cc(C2C(=NSc3ccc([N+](=O)[O-])cc3)N(C3CCN(C)CC3)C2c2nc3ccccc3s2)c1. The Labute approximate surface area is 260 Å². The zero-order chi connectivity index (χ0) is 30.5. The molecule has 3 aromatic carbocycles. The van der Waals surface area contributed by atoms with Crippen LogP contribution in [0.3, 0.4) is 0 Å². The van der Waals surface area contributed by atoms with Gasteiger partial charge in [0.25, 0.3) is 5.69 Å². The molecule has 0 saturated carbocycles. The predicted octanol–water partition coefficient (Wildman–Crippen LogP) is 7.59. The van der Waals surface area contributed by atoms with E-state index in [1.165, 1.54) is 28.8 Å². The van der Waals surface area contributed by atoms with Crippen LogP contribution in [-0.4, -0.2) is 65.9 Å². The minimum atomic E-state index is -0.386. The number of nitrogens with zero attached hydrogens (tertiary/aromatic N) is 5. The molecule has 0 spiro atoms. The molecule has 0 N–H and O–H groups in total. The molecule has 226 valence electrons. The minimum Gasteiger partial charge on any atom is -0.497 e. The fraction of sp³-hybridized carbons (Fsp3) is 0.375. The topological polar surface area (TPSA) is 93.3 Å². The summed E-state index contributed by atoms with van der Waals surface area (Å²) >= 11 is 3.08. The molecule has 0 bridgehead atoms. The number of nitro benzene ring substituents is 1. The fourth-order valence-corrected chi connectivity index (χ4v) is 7.43. The van der Waals surface area contributed by atoms with Crippen LogP contribution in [0.25, 0.3) is 10.2 Å². The number of non-ortho nitro benzene ring substituents is 1. The Bertz CT molecular complexity index is 1530. The Morgan fingerprint density at radius 1 is 1.00 bits per heavy atom. The molecule has 0 amide bonds. The smallest absolute Gasteiger partial charge is 0.269 e. The van der Waals surface area contributed by atoms with E-state index in [1.807, 2.05) is 26.0 Å². The first-order valence-electron chi connectivity index (χ1n) is 14.5. The van der Waals surface area contributed by atoms with E-state index in [1.54, 1.807) is 37.7 Å². The van der Waals surface area contributed by atoms with Gasteiger partial charge >= 0.3 is 0 Å². The molecule has 0 radical (unpaired) electrons. The van der Waals surface area contributed by atoms with Crippen molar-refractivity contribution in [1.29, 1.82) is 0 Å². The normalized spacial score (nSPS) is 19.9. The lowest BCUT2D eigenvalue weighted by Gasteiger charge is -2.54. The van der Waals surface area contributed by atoms with Gasteiger partial charge in [0, 0.05) is 41.1 Å². The molecule has 3 heterocycles. The zero-order valence-corrected chi connectivity index (χ0v) is 26.7. The van der Waals surface area contributed by atoms with Crippen molar-refractivity contribution in [2.75, 3.05) is 34.4 Å². The number of hydrogen-bond donors (Lipinski definition) is 0. The lowest BCUT2D eigenvalue weighted by molar-refractivity contribution is -0.384. The van der Waals surface area contributed by atoms with Crippen LogP contribution in [0.5, 0.6) is 11.5 Å². The van der Waals surface area contributed by atoms with Crippen molar-refractivity contribution >= 4 is 45.0 Å². The van der Waals surface area contributed by atoms with Crippen LogP contribution < -0.4 is 9.47 Å². The summed E-state index contributed by atoms with van der Waals surface area (Å²) in [6, 6.07) is 21.1. The Morgan fingerprint density at radius 2 is 1.65 bits per heavy atom. The van der Waals surface area contributed by atoms with Crippen LogP contribution in [-0.2, 0) is 0 Å². The van der Waals surface area contributed by atoms with Crippen LogP contribution in [0.4, 0.5) is 5.69 Å². The molecular weight excluding hydrogens is 583 g/mol. The number of aromatic nitrogens is 1. The molecule has 2 fully saturated rings. The second-order valence-corrected chi connectivity index (χ2v) is 12.2. The maximum absolute atomic E-state index is 11.2. The average molecular weight is 620 g/mol. The molecule has 2 aliphatic heterocycles. The number of para-hydroxylation sites is 1. The number of amidine groups is 1. The van der Waals surface area contributed by atoms with Crippen LogP contribution in [0, 0.1) is 10.1 Å². The van der Waals surface area contributed by atoms with Gasteiger partial charge in [-0.25, -0.2) is 4.98 Å². The summed E-state index contributed by atoms with van der Waals surface area (Å²) in [7, 11) is 5.49. The number of methoxy groups -OCH3 is 2. The van der Waals surface area contributed by atoms with Gasteiger partial charge < -0.3 is 19.3 Å². The Kier molecular flexibility index (Phi) is 9.84. The first-order chi connectivity index (χ1) is 20.9. The van der Waals surface area contributed by atoms with Gasteiger partial charge in [-0.2, -0.15) is 4.40 Å². The van der Waals surface area contributed by atoms with E-state index in [-0.39, 0.29) is 22.6 Å². The highest BCUT2D eigenvalue weighted by Gasteiger charge is 2.51. The summed E-state index contributed by atoms with van der Waals surface area (Å²) < 4.78 is 17.6. The van der Waals surface area contributed by atoms with Crippen molar-refractivity contribution in [3.63, 3.8) is 0 Å². The minimum absolute atomic E-state index is 0.00818. The second-order valence-electron chi connectivity index (χ2n) is 10.3. The molecule has 0 aliphatic carbocycles. The molecule has 2 aliphatic rings. The number of hydrogen-bond acceptors (Lipinski definition) is 9. The number of nitro groups is 1. The van der Waals surface area contributed by atoms with E-state index >= 15 is 0 Å². The molecule has 43 heavy (non-hydrogen) atoms. The number of ether oxygens (including phenoxy) is 2. The number of piperidine rings is 1. The summed E-state index contributed by atoms with van der Waals surface area (Å²) in [4.78, 5) is 21.6. The van der Waals surface area contributed by atoms with Crippen molar-refractivity contribution in [1.82, 2.24) is 14.8 Å². The van der Waals surface area contributed by atoms with E-state index < -0.39 is 0 Å². The molecule has 9 nitrogen and oxygen atoms in total. The van der Waals surface area contributed by atoms with Crippen molar-refractivity contribution in [3.8, 4) is 11.5 Å². The number of rotatable bonds is 8. The highest BCUT2D eigenvalue weighted by atomic mass is 32.2. The van der Waals surface area contributed by atoms with Gasteiger partial charge in [-0.3, -0.25) is 10.1 Å². The third-order valence-electron chi connectivity index (χ3n) is 7.83. The van der Waals surface area contributed by atoms with Crippen molar-refractivity contribution < 1.29 is 14.4 Å². The molecule has 2 saturated heterocycles. The highest BCUT2D eigenvalue weighted by Crippen LogP contribution is 2.53. The third-order valence-corrected chi connectivity index (χ3v) is 9.70. The Hall–Kier alpha value is -3.67. The summed E-state index contributed by atoms with van der Waals surface area (Å²) in [5.41, 5.74) is 2.12. The van der Waals surface area contributed by atoms with E-state index in [0.29, 0.717) is 6.04 Å². The van der Waals surface area contributed by atoms with Crippen molar-refractivity contribution in [2.24, 2.45) is 4.40 Å². The lowest BCUT2D eigenvalue weighted by atomic mass is 9.78. The summed E-state index contributed by atoms with van der Waals surface area (Å²) in [6.45, 7) is 6.04. The fourth-order valence-electron chi connectivity index (χ4n) is 5.66. The van der Waals surface area contributed by atoms with Crippen LogP contribution in [0.15, 0.2) is 76.0 Å². The Balaban J connectivity index is 0.00000180. The molecule has 2 unspecified atom stereocenters. The van der Waals surface area contributed by atoms with E-state index in [0.717, 1.165) is 64.2 Å². The monoisotopic (exact) mass is 619 g/mol. The summed E-state index contributed by atoms with van der Waals surface area (Å²) in [5, 5.41) is 12.2. The molecular formula is C32H37N5O4S2. The maximum Gasteiger partial charge on any atom is 0.269 e. The van der Waals surface area contributed by atoms with Gasteiger partial charge in [-0.15, -0.1) is 11.3 Å². The third kappa shape index (κ3) is 6.48. The van der Waals surface area contributed by atoms with Crippen LogP contribution >= 0.6 is 23.3 Å². The highest BCUT2D eigenvalue weighted by molar-refractivity contribution is 7.98. The standard InChI is InChI=1S/C30H31N5O4S2.C2H6/c1-33-14-12-20(13-15-33)34-28(30-31-25-6-4-5-7-26(25)40-30)27(19-16-22(38-2)18-23(17-19)39-3)29(34)32-41-24-10-8-21(9-11-24)35(36)37;1-2/h4-11,16-18,20,27-28H,12-15H2,1-3H3;1-2H3. The molecule has 6 rings (SSSR count).